The summed E-state index contributed by atoms with van der Waals surface area (Å²) in [6.07, 6.45) is 0.0894. The summed E-state index contributed by atoms with van der Waals surface area (Å²) in [4.78, 5) is 0. The van der Waals surface area contributed by atoms with Crippen molar-refractivity contribution >= 4 is 10.0 Å². The summed E-state index contributed by atoms with van der Waals surface area (Å²) in [5, 5.41) is 0.760. The van der Waals surface area contributed by atoms with Crippen LogP contribution in [0, 0.1) is 0 Å². The van der Waals surface area contributed by atoms with Gasteiger partial charge in [0.05, 0.1) is 19.3 Å². The number of halogens is 3. The molecular formula is C23H35F3N2O4S. The minimum atomic E-state index is -4.81. The standard InChI is InChI=1S/C23H35F3N2O4S/c1-3-31-22-9-5-4-7-19(22)17-10-12-18(13-11-17)32-15-21-20(8-6-14-27-21)28-33(29,30)16(2)23(24,25)26/h4-5,7,9,16-18,20-21,27-28H,3,6,8,10-15H2,1-2H3/t16-,17?,18?,20+,21+/m1/s1. The number of alkyl halides is 3. The molecule has 1 aromatic rings. The lowest BCUT2D eigenvalue weighted by atomic mass is 9.82. The smallest absolute Gasteiger partial charge is 0.406 e. The molecule has 1 aromatic carbocycles. The summed E-state index contributed by atoms with van der Waals surface area (Å²) in [5.74, 6) is 1.34. The maximum absolute atomic E-state index is 12.9. The Bertz CT molecular complexity index is 858. The van der Waals surface area contributed by atoms with Crippen LogP contribution in [0.5, 0.6) is 5.75 Å². The first-order valence-corrected chi connectivity index (χ1v) is 13.3. The minimum Gasteiger partial charge on any atom is -0.494 e. The van der Waals surface area contributed by atoms with E-state index in [1.165, 1.54) is 5.56 Å². The summed E-state index contributed by atoms with van der Waals surface area (Å²) < 4.78 is 77.4. The monoisotopic (exact) mass is 492 g/mol. The summed E-state index contributed by atoms with van der Waals surface area (Å²) >= 11 is 0. The number of rotatable bonds is 9. The van der Waals surface area contributed by atoms with E-state index >= 15 is 0 Å². The molecule has 3 atom stereocenters. The predicted molar refractivity (Wildman–Crippen MR) is 121 cm³/mol. The molecule has 33 heavy (non-hydrogen) atoms. The molecule has 3 rings (SSSR count). The van der Waals surface area contributed by atoms with Gasteiger partial charge in [0.15, 0.2) is 5.25 Å². The molecule has 6 nitrogen and oxygen atoms in total. The Balaban J connectivity index is 1.52. The van der Waals surface area contributed by atoms with E-state index < -0.39 is 27.5 Å². The number of para-hydroxylation sites is 1. The van der Waals surface area contributed by atoms with Crippen molar-refractivity contribution in [1.29, 1.82) is 0 Å². The van der Waals surface area contributed by atoms with Crippen molar-refractivity contribution in [3.8, 4) is 5.75 Å². The zero-order chi connectivity index (χ0) is 24.1. The summed E-state index contributed by atoms with van der Waals surface area (Å²) in [5.41, 5.74) is 1.22. The maximum atomic E-state index is 12.9. The molecule has 2 N–H and O–H groups in total. The van der Waals surface area contributed by atoms with Crippen molar-refractivity contribution < 1.29 is 31.1 Å². The summed E-state index contributed by atoms with van der Waals surface area (Å²) in [6.45, 7) is 4.21. The molecule has 1 aliphatic carbocycles. The van der Waals surface area contributed by atoms with Gasteiger partial charge in [0.1, 0.15) is 5.75 Å². The molecule has 1 saturated heterocycles. The topological polar surface area (TPSA) is 76.7 Å². The Morgan fingerprint density at radius 2 is 1.85 bits per heavy atom. The molecule has 2 fully saturated rings. The van der Waals surface area contributed by atoms with Crippen LogP contribution in [0.25, 0.3) is 0 Å². The molecule has 188 valence electrons. The summed E-state index contributed by atoms with van der Waals surface area (Å²) in [6, 6.07) is 7.13. The van der Waals surface area contributed by atoms with Gasteiger partial charge in [-0.2, -0.15) is 13.2 Å². The van der Waals surface area contributed by atoms with E-state index in [-0.39, 0.29) is 18.8 Å². The second kappa shape index (κ2) is 11.4. The molecule has 2 aliphatic rings. The third-order valence-electron chi connectivity index (χ3n) is 6.67. The first-order valence-electron chi connectivity index (χ1n) is 11.8. The zero-order valence-corrected chi connectivity index (χ0v) is 20.1. The zero-order valence-electron chi connectivity index (χ0n) is 19.2. The van der Waals surface area contributed by atoms with Gasteiger partial charge in [0.2, 0.25) is 10.0 Å². The normalized spacial score (nSPS) is 27.8. The molecule has 1 aliphatic heterocycles. The van der Waals surface area contributed by atoms with Gasteiger partial charge in [-0.3, -0.25) is 0 Å². The Morgan fingerprint density at radius 3 is 2.52 bits per heavy atom. The van der Waals surface area contributed by atoms with Crippen molar-refractivity contribution in [1.82, 2.24) is 10.0 Å². The first-order chi connectivity index (χ1) is 15.6. The van der Waals surface area contributed by atoms with Crippen molar-refractivity contribution in [2.24, 2.45) is 0 Å². The SMILES string of the molecule is CCOc1ccccc1C1CCC(OC[C@@H]2NCCC[C@@H]2NS(=O)(=O)[C@H](C)C(F)(F)F)CC1. The van der Waals surface area contributed by atoms with Gasteiger partial charge in [0.25, 0.3) is 0 Å². The van der Waals surface area contributed by atoms with E-state index in [9.17, 15) is 21.6 Å². The van der Waals surface area contributed by atoms with Crippen molar-refractivity contribution in [2.45, 2.75) is 87.9 Å². The lowest BCUT2D eigenvalue weighted by molar-refractivity contribution is -0.127. The molecule has 0 spiro atoms. The van der Waals surface area contributed by atoms with Gasteiger partial charge in [-0.15, -0.1) is 0 Å². The van der Waals surface area contributed by atoms with Gasteiger partial charge in [-0.1, -0.05) is 18.2 Å². The highest BCUT2D eigenvalue weighted by molar-refractivity contribution is 7.90. The second-order valence-corrected chi connectivity index (χ2v) is 11.0. The number of hydrogen-bond acceptors (Lipinski definition) is 5. The van der Waals surface area contributed by atoms with Crippen LogP contribution in [-0.4, -0.2) is 57.8 Å². The molecular weight excluding hydrogens is 457 g/mol. The van der Waals surface area contributed by atoms with E-state index in [1.54, 1.807) is 0 Å². The van der Waals surface area contributed by atoms with Crippen LogP contribution in [0.4, 0.5) is 13.2 Å². The molecule has 0 amide bonds. The highest BCUT2D eigenvalue weighted by atomic mass is 32.2. The highest BCUT2D eigenvalue weighted by Gasteiger charge is 2.46. The lowest BCUT2D eigenvalue weighted by Gasteiger charge is -2.36. The molecule has 10 heteroatoms. The second-order valence-electron chi connectivity index (χ2n) is 8.93. The molecule has 0 bridgehead atoms. The fourth-order valence-electron chi connectivity index (χ4n) is 4.64. The van der Waals surface area contributed by atoms with Gasteiger partial charge in [-0.25, -0.2) is 13.1 Å². The van der Waals surface area contributed by atoms with Gasteiger partial charge in [-0.05, 0) is 76.5 Å². The van der Waals surface area contributed by atoms with E-state index in [2.05, 4.69) is 16.1 Å². The predicted octanol–water partition coefficient (Wildman–Crippen LogP) is 4.12. The Morgan fingerprint density at radius 1 is 1.15 bits per heavy atom. The van der Waals surface area contributed by atoms with Crippen LogP contribution in [0.3, 0.4) is 0 Å². The number of nitrogens with one attached hydrogen (secondary N) is 2. The third kappa shape index (κ3) is 7.07. The minimum absolute atomic E-state index is 0.0515. The van der Waals surface area contributed by atoms with E-state index in [1.807, 2.05) is 25.1 Å². The highest BCUT2D eigenvalue weighted by Crippen LogP contribution is 2.38. The van der Waals surface area contributed by atoms with Crippen LogP contribution in [0.15, 0.2) is 24.3 Å². The van der Waals surface area contributed by atoms with E-state index in [0.29, 0.717) is 38.8 Å². The van der Waals surface area contributed by atoms with Crippen LogP contribution in [-0.2, 0) is 14.8 Å². The average molecular weight is 493 g/mol. The van der Waals surface area contributed by atoms with Crippen LogP contribution < -0.4 is 14.8 Å². The van der Waals surface area contributed by atoms with Crippen LogP contribution in [0.1, 0.15) is 63.9 Å². The number of piperidine rings is 1. The molecule has 0 radical (unpaired) electrons. The molecule has 1 heterocycles. The quantitative estimate of drug-likeness (QED) is 0.542. The van der Waals surface area contributed by atoms with Gasteiger partial charge >= 0.3 is 6.18 Å². The van der Waals surface area contributed by atoms with Crippen molar-refractivity contribution in [2.75, 3.05) is 19.8 Å². The molecule has 1 saturated carbocycles. The number of benzene rings is 1. The van der Waals surface area contributed by atoms with Crippen LogP contribution in [0.2, 0.25) is 0 Å². The number of ether oxygens (including phenoxy) is 2. The number of sulfonamides is 1. The van der Waals surface area contributed by atoms with Crippen LogP contribution >= 0.6 is 0 Å². The molecule has 0 aromatic heterocycles. The fraction of sp³-hybridized carbons (Fsp3) is 0.739. The summed E-state index contributed by atoms with van der Waals surface area (Å²) in [7, 11) is -4.52. The van der Waals surface area contributed by atoms with Gasteiger partial charge < -0.3 is 14.8 Å². The average Bonchev–Trinajstić information content (AvgIpc) is 2.78. The Kier molecular flexibility index (Phi) is 9.05. The van der Waals surface area contributed by atoms with E-state index in [0.717, 1.165) is 31.4 Å². The Labute approximate surface area is 194 Å². The Hall–Kier alpha value is -1.36. The number of hydrogen-bond donors (Lipinski definition) is 2. The maximum Gasteiger partial charge on any atom is 0.406 e. The fourth-order valence-corrected chi connectivity index (χ4v) is 5.90. The molecule has 0 unspecified atom stereocenters. The van der Waals surface area contributed by atoms with E-state index in [4.69, 9.17) is 9.47 Å². The first kappa shape index (κ1) is 26.2. The largest absolute Gasteiger partial charge is 0.494 e. The van der Waals surface area contributed by atoms with Gasteiger partial charge in [0, 0.05) is 12.1 Å². The third-order valence-corrected chi connectivity index (χ3v) is 8.50. The lowest BCUT2D eigenvalue weighted by Crippen LogP contribution is -2.57. The van der Waals surface area contributed by atoms with Crippen molar-refractivity contribution in [3.63, 3.8) is 0 Å². The van der Waals surface area contributed by atoms with Crippen molar-refractivity contribution in [3.05, 3.63) is 29.8 Å².